The third-order valence-corrected chi connectivity index (χ3v) is 16.6. The SMILES string of the molecule is CC[Si](CC)(CC)c1cc(Br)nc(C(=O)CO[Si](C)(C)C(C)(C)C)c1F. The summed E-state index contributed by atoms with van der Waals surface area (Å²) < 4.78 is 21.8. The molecule has 0 fully saturated rings. The van der Waals surface area contributed by atoms with Gasteiger partial charge < -0.3 is 4.43 Å². The summed E-state index contributed by atoms with van der Waals surface area (Å²) in [7, 11) is -4.04. The summed E-state index contributed by atoms with van der Waals surface area (Å²) in [6.45, 7) is 16.8. The van der Waals surface area contributed by atoms with E-state index in [2.05, 4.69) is 75.6 Å². The van der Waals surface area contributed by atoms with Crippen molar-refractivity contribution in [3.63, 3.8) is 0 Å². The predicted octanol–water partition coefficient (Wildman–Crippen LogP) is 5.90. The van der Waals surface area contributed by atoms with E-state index in [1.165, 1.54) is 0 Å². The quantitative estimate of drug-likeness (QED) is 0.274. The third-order valence-electron chi connectivity index (χ3n) is 6.16. The van der Waals surface area contributed by atoms with E-state index in [4.69, 9.17) is 4.43 Å². The van der Waals surface area contributed by atoms with Gasteiger partial charge in [0.15, 0.2) is 14.1 Å². The van der Waals surface area contributed by atoms with Crippen molar-refractivity contribution in [2.45, 2.75) is 77.8 Å². The monoisotopic (exact) mass is 461 g/mol. The molecule has 0 atom stereocenters. The fourth-order valence-electron chi connectivity index (χ4n) is 2.92. The molecule has 0 saturated heterocycles. The number of hydrogen-bond donors (Lipinski definition) is 0. The summed E-state index contributed by atoms with van der Waals surface area (Å²) in [5, 5.41) is 0.707. The second-order valence-corrected chi connectivity index (χ2v) is 19.3. The van der Waals surface area contributed by atoms with E-state index in [0.717, 1.165) is 18.1 Å². The lowest BCUT2D eigenvalue weighted by molar-refractivity contribution is 0.0901. The standard InChI is InChI=1S/C19H33BrFNO2Si2/c1-9-26(10-2,11-3)15-12-16(20)22-18(17(15)21)14(23)13-24-25(7,8)19(4,5)6/h12H,9-11,13H2,1-8H3. The lowest BCUT2D eigenvalue weighted by Crippen LogP contribution is -2.48. The van der Waals surface area contributed by atoms with Crippen LogP contribution < -0.4 is 5.19 Å². The molecule has 3 nitrogen and oxygen atoms in total. The molecule has 148 valence electrons. The second-order valence-electron chi connectivity index (χ2n) is 8.47. The zero-order valence-corrected chi connectivity index (χ0v) is 21.0. The van der Waals surface area contributed by atoms with Gasteiger partial charge in [0.25, 0.3) is 0 Å². The van der Waals surface area contributed by atoms with Crippen molar-refractivity contribution >= 4 is 43.3 Å². The van der Waals surface area contributed by atoms with Crippen LogP contribution in [0.3, 0.4) is 0 Å². The number of aromatic nitrogens is 1. The Labute approximate surface area is 168 Å². The first-order chi connectivity index (χ1) is 11.8. The average molecular weight is 463 g/mol. The summed E-state index contributed by atoms with van der Waals surface area (Å²) in [4.78, 5) is 16.9. The number of carbonyl (C=O) groups excluding carboxylic acids is 1. The molecule has 0 saturated carbocycles. The smallest absolute Gasteiger partial charge is 0.208 e. The maximum atomic E-state index is 15.3. The van der Waals surface area contributed by atoms with E-state index in [-0.39, 0.29) is 23.1 Å². The highest BCUT2D eigenvalue weighted by atomic mass is 79.9. The minimum Gasteiger partial charge on any atom is -0.409 e. The molecular weight excluding hydrogens is 429 g/mol. The molecule has 26 heavy (non-hydrogen) atoms. The maximum absolute atomic E-state index is 15.3. The fraction of sp³-hybridized carbons (Fsp3) is 0.684. The summed E-state index contributed by atoms with van der Waals surface area (Å²) in [5.74, 6) is -0.810. The number of halogens is 2. The molecule has 0 bridgehead atoms. The minimum absolute atomic E-state index is 0.00359. The Morgan fingerprint density at radius 3 is 2.12 bits per heavy atom. The van der Waals surface area contributed by atoms with Crippen LogP contribution in [0.25, 0.3) is 0 Å². The van der Waals surface area contributed by atoms with E-state index < -0.39 is 22.2 Å². The molecule has 1 rings (SSSR count). The topological polar surface area (TPSA) is 39.2 Å². The van der Waals surface area contributed by atoms with Crippen molar-refractivity contribution in [1.29, 1.82) is 0 Å². The molecule has 0 N–H and O–H groups in total. The molecule has 0 unspecified atom stereocenters. The van der Waals surface area contributed by atoms with Crippen LogP contribution in [0, 0.1) is 5.82 Å². The first-order valence-electron chi connectivity index (χ1n) is 9.38. The van der Waals surface area contributed by atoms with Gasteiger partial charge in [0, 0.05) is 0 Å². The van der Waals surface area contributed by atoms with E-state index in [1.807, 2.05) is 0 Å². The van der Waals surface area contributed by atoms with Crippen LogP contribution in [0.2, 0.25) is 36.3 Å². The first kappa shape index (κ1) is 23.7. The second kappa shape index (κ2) is 8.75. The Balaban J connectivity index is 3.24. The van der Waals surface area contributed by atoms with Crippen LogP contribution >= 0.6 is 15.9 Å². The van der Waals surface area contributed by atoms with Crippen molar-refractivity contribution < 1.29 is 13.6 Å². The van der Waals surface area contributed by atoms with Crippen LogP contribution in [-0.4, -0.2) is 33.8 Å². The highest BCUT2D eigenvalue weighted by molar-refractivity contribution is 9.10. The van der Waals surface area contributed by atoms with Gasteiger partial charge in [-0.15, -0.1) is 0 Å². The Kier molecular flexibility index (Phi) is 7.97. The van der Waals surface area contributed by atoms with Gasteiger partial charge in [0.1, 0.15) is 10.3 Å². The Bertz CT molecular complexity index is 647. The van der Waals surface area contributed by atoms with Crippen LogP contribution in [0.1, 0.15) is 52.0 Å². The molecule has 1 aromatic heterocycles. The number of ketones is 1. The molecule has 0 amide bonds. The van der Waals surface area contributed by atoms with Crippen LogP contribution in [0.5, 0.6) is 0 Å². The summed E-state index contributed by atoms with van der Waals surface area (Å²) in [6.07, 6.45) is 0. The lowest BCUT2D eigenvalue weighted by atomic mass is 10.2. The molecule has 0 spiro atoms. The Hall–Kier alpha value is -0.376. The molecule has 0 aliphatic carbocycles. The zero-order chi connectivity index (χ0) is 20.3. The van der Waals surface area contributed by atoms with Gasteiger partial charge >= 0.3 is 0 Å². The lowest BCUT2D eigenvalue weighted by Gasteiger charge is -2.35. The molecule has 1 heterocycles. The number of Topliss-reactive ketones (excluding diaryl/α,β-unsaturated/α-hetero) is 1. The first-order valence-corrected chi connectivity index (χ1v) is 15.7. The fourth-order valence-corrected chi connectivity index (χ4v) is 8.13. The molecule has 1 aromatic rings. The molecule has 0 radical (unpaired) electrons. The van der Waals surface area contributed by atoms with Crippen molar-refractivity contribution in [2.75, 3.05) is 6.61 Å². The number of rotatable bonds is 8. The predicted molar refractivity (Wildman–Crippen MR) is 116 cm³/mol. The van der Waals surface area contributed by atoms with Crippen molar-refractivity contribution in [3.05, 3.63) is 22.2 Å². The Morgan fingerprint density at radius 1 is 1.19 bits per heavy atom. The zero-order valence-electron chi connectivity index (χ0n) is 17.4. The normalized spacial score (nSPS) is 13.2. The summed E-state index contributed by atoms with van der Waals surface area (Å²) in [5.41, 5.74) is -0.0830. The summed E-state index contributed by atoms with van der Waals surface area (Å²) >= 11 is 3.38. The van der Waals surface area contributed by atoms with Crippen molar-refractivity contribution in [1.82, 2.24) is 4.98 Å². The molecule has 0 aliphatic rings. The summed E-state index contributed by atoms with van der Waals surface area (Å²) in [6, 6.07) is 4.62. The largest absolute Gasteiger partial charge is 0.409 e. The molecule has 7 heteroatoms. The molecule has 0 aliphatic heterocycles. The molecular formula is C19H33BrFNO2Si2. The van der Waals surface area contributed by atoms with Gasteiger partial charge in [0.05, 0.1) is 14.7 Å². The van der Waals surface area contributed by atoms with E-state index in [9.17, 15) is 4.79 Å². The van der Waals surface area contributed by atoms with Gasteiger partial charge in [-0.3, -0.25) is 4.79 Å². The van der Waals surface area contributed by atoms with Crippen LogP contribution in [0.4, 0.5) is 4.39 Å². The van der Waals surface area contributed by atoms with E-state index in [0.29, 0.717) is 9.79 Å². The third kappa shape index (κ3) is 4.91. The highest BCUT2D eigenvalue weighted by Crippen LogP contribution is 2.36. The van der Waals surface area contributed by atoms with E-state index >= 15 is 4.39 Å². The van der Waals surface area contributed by atoms with Gasteiger partial charge in [-0.05, 0) is 45.3 Å². The van der Waals surface area contributed by atoms with Gasteiger partial charge in [-0.1, -0.05) is 59.7 Å². The number of nitrogens with zero attached hydrogens (tertiary/aromatic N) is 1. The van der Waals surface area contributed by atoms with Crippen LogP contribution in [0.15, 0.2) is 10.7 Å². The van der Waals surface area contributed by atoms with Gasteiger partial charge in [-0.25, -0.2) is 9.37 Å². The van der Waals surface area contributed by atoms with Crippen molar-refractivity contribution in [2.24, 2.45) is 0 Å². The molecule has 0 aromatic carbocycles. The number of pyridine rings is 1. The highest BCUT2D eigenvalue weighted by Gasteiger charge is 2.39. The average Bonchev–Trinajstić information content (AvgIpc) is 2.56. The maximum Gasteiger partial charge on any atom is 0.208 e. The number of hydrogen-bond acceptors (Lipinski definition) is 3. The van der Waals surface area contributed by atoms with Gasteiger partial charge in [0.2, 0.25) is 5.78 Å². The van der Waals surface area contributed by atoms with Gasteiger partial charge in [-0.2, -0.15) is 0 Å². The van der Waals surface area contributed by atoms with E-state index in [1.54, 1.807) is 6.07 Å². The Morgan fingerprint density at radius 2 is 1.69 bits per heavy atom. The minimum atomic E-state index is -2.08. The van der Waals surface area contributed by atoms with Crippen molar-refractivity contribution in [3.8, 4) is 0 Å². The number of carbonyl (C=O) groups is 1. The van der Waals surface area contributed by atoms with Crippen LogP contribution in [-0.2, 0) is 4.43 Å².